The second kappa shape index (κ2) is 7.51. The summed E-state index contributed by atoms with van der Waals surface area (Å²) in [7, 11) is 0. The summed E-state index contributed by atoms with van der Waals surface area (Å²) in [5, 5.41) is 24.9. The quantitative estimate of drug-likeness (QED) is 0.191. The van der Waals surface area contributed by atoms with Crippen LogP contribution < -0.4 is 0 Å². The molecule has 1 aliphatic rings. The molecule has 9 nitrogen and oxygen atoms in total. The van der Waals surface area contributed by atoms with Crippen LogP contribution in [0, 0.1) is 17.0 Å². The van der Waals surface area contributed by atoms with Crippen molar-refractivity contribution in [3.05, 3.63) is 5.21 Å². The first-order chi connectivity index (χ1) is 9.41. The van der Waals surface area contributed by atoms with Crippen molar-refractivity contribution in [1.82, 2.24) is 5.01 Å². The predicted molar refractivity (Wildman–Crippen MR) is 64.9 cm³/mol. The molecular weight excluding hydrogens is 270 g/mol. The molecule has 1 N–H and O–H groups in total. The van der Waals surface area contributed by atoms with Crippen LogP contribution in [0.1, 0.15) is 26.7 Å². The maximum Gasteiger partial charge on any atom is 0.311 e. The van der Waals surface area contributed by atoms with Crippen LogP contribution in [0.2, 0.25) is 0 Å². The van der Waals surface area contributed by atoms with E-state index < -0.39 is 24.6 Å². The zero-order valence-corrected chi connectivity index (χ0v) is 11.5. The first-order valence-corrected chi connectivity index (χ1v) is 6.36. The van der Waals surface area contributed by atoms with Gasteiger partial charge < -0.3 is 19.9 Å². The molecule has 0 amide bonds. The van der Waals surface area contributed by atoms with Gasteiger partial charge in [0.05, 0.1) is 29.9 Å². The Morgan fingerprint density at radius 3 is 2.55 bits per heavy atom. The largest absolute Gasteiger partial charge is 0.569 e. The second-order valence-corrected chi connectivity index (χ2v) is 4.77. The molecule has 1 heterocycles. The fraction of sp³-hybridized carbons (Fsp3) is 0.818. The molecule has 0 aliphatic carbocycles. The van der Waals surface area contributed by atoms with Gasteiger partial charge in [-0.15, -0.1) is 5.01 Å². The average Bonchev–Trinajstić information content (AvgIpc) is 2.43. The normalized spacial score (nSPS) is 17.1. The summed E-state index contributed by atoms with van der Waals surface area (Å²) < 4.78 is 4.67. The number of hydrogen-bond donors (Lipinski definition) is 1. The van der Waals surface area contributed by atoms with Crippen LogP contribution in [0.5, 0.6) is 0 Å². The van der Waals surface area contributed by atoms with Crippen LogP contribution in [0.25, 0.3) is 0 Å². The van der Waals surface area contributed by atoms with Crippen LogP contribution >= 0.6 is 0 Å². The maximum atomic E-state index is 11.5. The summed E-state index contributed by atoms with van der Waals surface area (Å²) in [6, 6.07) is 0. The Bertz CT molecular complexity index is 376. The Labute approximate surface area is 116 Å². The highest BCUT2D eigenvalue weighted by Crippen LogP contribution is 2.17. The zero-order valence-electron chi connectivity index (χ0n) is 11.5. The molecule has 1 rings (SSSR count). The van der Waals surface area contributed by atoms with Crippen molar-refractivity contribution in [2.45, 2.75) is 26.7 Å². The van der Waals surface area contributed by atoms with E-state index >= 15 is 0 Å². The molecule has 20 heavy (non-hydrogen) atoms. The van der Waals surface area contributed by atoms with E-state index in [4.69, 9.17) is 5.11 Å². The maximum absolute atomic E-state index is 11.5. The highest BCUT2D eigenvalue weighted by molar-refractivity contribution is 5.71. The van der Waals surface area contributed by atoms with E-state index in [0.29, 0.717) is 25.9 Å². The molecule has 114 valence electrons. The minimum atomic E-state index is -0.851. The van der Waals surface area contributed by atoms with Crippen LogP contribution in [0.3, 0.4) is 0 Å². The number of carbonyl (C=O) groups excluding carboxylic acids is 1. The van der Waals surface area contributed by atoms with Crippen LogP contribution in [-0.2, 0) is 19.2 Å². The van der Waals surface area contributed by atoms with Gasteiger partial charge in [-0.3, -0.25) is 9.59 Å². The van der Waals surface area contributed by atoms with Crippen molar-refractivity contribution < 1.29 is 29.2 Å². The average molecular weight is 289 g/mol. The number of piperidine rings is 1. The number of aliphatic carboxylic acids is 1. The molecule has 0 aromatic carbocycles. The van der Waals surface area contributed by atoms with Gasteiger partial charge >= 0.3 is 11.9 Å². The molecular formula is C11H19N3O6. The number of esters is 1. The van der Waals surface area contributed by atoms with Gasteiger partial charge in [0.1, 0.15) is 0 Å². The molecule has 0 unspecified atom stereocenters. The monoisotopic (exact) mass is 289 g/mol. The lowest BCUT2D eigenvalue weighted by Gasteiger charge is -2.25. The number of carbonyl (C=O) groups is 2. The van der Waals surface area contributed by atoms with Crippen molar-refractivity contribution in [3.8, 4) is 0 Å². The van der Waals surface area contributed by atoms with Crippen molar-refractivity contribution in [3.63, 3.8) is 0 Å². The molecule has 9 heteroatoms. The Morgan fingerprint density at radius 1 is 1.45 bits per heavy atom. The van der Waals surface area contributed by atoms with E-state index in [9.17, 15) is 14.8 Å². The summed E-state index contributed by atoms with van der Waals surface area (Å²) in [6.45, 7) is 3.50. The minimum absolute atomic E-state index is 0.251. The standard InChI is InChI=1S/C11H19N3O6/c1-8(2)11(17)19-7-20-12-14(18)13-5-3-9(4-6-13)10(15)16/h8-9H,3-7H2,1-2H3,(H,15,16). The fourth-order valence-electron chi connectivity index (χ4n) is 1.66. The lowest BCUT2D eigenvalue weighted by atomic mass is 9.98. The predicted octanol–water partition coefficient (Wildman–Crippen LogP) is 0.749. The van der Waals surface area contributed by atoms with E-state index in [2.05, 4.69) is 14.9 Å². The van der Waals surface area contributed by atoms with Crippen LogP contribution in [-0.4, -0.2) is 46.9 Å². The summed E-state index contributed by atoms with van der Waals surface area (Å²) >= 11 is 0. The van der Waals surface area contributed by atoms with Crippen molar-refractivity contribution in [2.75, 3.05) is 19.9 Å². The number of carboxylic acid groups (broad SMARTS) is 1. The van der Waals surface area contributed by atoms with Gasteiger partial charge in [-0.25, -0.2) is 0 Å². The molecule has 0 bridgehead atoms. The molecule has 0 radical (unpaired) electrons. The van der Waals surface area contributed by atoms with Gasteiger partial charge in [-0.2, -0.15) is 0 Å². The van der Waals surface area contributed by atoms with E-state index in [-0.39, 0.29) is 10.9 Å². The Morgan fingerprint density at radius 2 is 2.05 bits per heavy atom. The first kappa shape index (κ1) is 16.0. The SMILES string of the molecule is CC(C)C(=O)OCON=[N+]([O-])N1CCC(C(=O)O)CC1. The Kier molecular flexibility index (Phi) is 6.01. The van der Waals surface area contributed by atoms with Crippen LogP contribution in [0.15, 0.2) is 5.28 Å². The number of hydrazine groups is 1. The third kappa shape index (κ3) is 4.90. The number of rotatable bonds is 6. The molecule has 0 aromatic rings. The number of carboxylic acids is 1. The summed E-state index contributed by atoms with van der Waals surface area (Å²) in [6.07, 6.45) is 0.762. The van der Waals surface area contributed by atoms with Crippen molar-refractivity contribution in [1.29, 1.82) is 0 Å². The third-order valence-electron chi connectivity index (χ3n) is 2.92. The molecule has 1 saturated heterocycles. The molecule has 0 aromatic heterocycles. The number of ether oxygens (including phenoxy) is 1. The van der Waals surface area contributed by atoms with Gasteiger partial charge in [0.15, 0.2) is 0 Å². The van der Waals surface area contributed by atoms with E-state index in [1.165, 1.54) is 5.01 Å². The van der Waals surface area contributed by atoms with Gasteiger partial charge in [0, 0.05) is 0 Å². The van der Waals surface area contributed by atoms with Crippen LogP contribution in [0.4, 0.5) is 0 Å². The Balaban J connectivity index is 2.28. The van der Waals surface area contributed by atoms with Gasteiger partial charge in [-0.05, 0) is 12.8 Å². The molecule has 0 atom stereocenters. The highest BCUT2D eigenvalue weighted by Gasteiger charge is 2.28. The number of nitrogens with zero attached hydrogens (tertiary/aromatic N) is 3. The zero-order chi connectivity index (χ0) is 15.1. The summed E-state index contributed by atoms with van der Waals surface area (Å²) in [4.78, 5) is 26.7. The first-order valence-electron chi connectivity index (χ1n) is 6.36. The molecule has 1 fully saturated rings. The summed E-state index contributed by atoms with van der Waals surface area (Å²) in [5.41, 5.74) is 0. The van der Waals surface area contributed by atoms with E-state index in [1.807, 2.05) is 0 Å². The van der Waals surface area contributed by atoms with Crippen molar-refractivity contribution in [2.24, 2.45) is 17.1 Å². The lowest BCUT2D eigenvalue weighted by molar-refractivity contribution is -0.713. The van der Waals surface area contributed by atoms with Gasteiger partial charge in [-0.1, -0.05) is 13.8 Å². The topological polar surface area (TPSA) is 114 Å². The fourth-order valence-corrected chi connectivity index (χ4v) is 1.66. The van der Waals surface area contributed by atoms with E-state index in [1.54, 1.807) is 13.8 Å². The van der Waals surface area contributed by atoms with Gasteiger partial charge in [0.2, 0.25) is 5.28 Å². The van der Waals surface area contributed by atoms with Crippen molar-refractivity contribution >= 4 is 11.9 Å². The molecule has 0 saturated carbocycles. The second-order valence-electron chi connectivity index (χ2n) is 4.77. The van der Waals surface area contributed by atoms with Gasteiger partial charge in [0.25, 0.3) is 6.79 Å². The number of hydrogen-bond acceptors (Lipinski definition) is 6. The summed E-state index contributed by atoms with van der Waals surface area (Å²) in [5.74, 6) is -2.00. The lowest BCUT2D eigenvalue weighted by Crippen LogP contribution is -2.40. The van der Waals surface area contributed by atoms with E-state index in [0.717, 1.165) is 0 Å². The highest BCUT2D eigenvalue weighted by atomic mass is 16.8. The Hall–Kier alpha value is -2.06. The molecule has 0 spiro atoms. The minimum Gasteiger partial charge on any atom is -0.569 e. The smallest absolute Gasteiger partial charge is 0.311 e. The molecule has 1 aliphatic heterocycles. The third-order valence-corrected chi connectivity index (χ3v) is 2.92.